The van der Waals surface area contributed by atoms with Crippen LogP contribution in [0.15, 0.2) is 30.5 Å². The zero-order valence-electron chi connectivity index (χ0n) is 15.3. The molecule has 1 amide bonds. The van der Waals surface area contributed by atoms with Crippen LogP contribution in [-0.4, -0.2) is 44.4 Å². The van der Waals surface area contributed by atoms with Gasteiger partial charge in [-0.25, -0.2) is 4.98 Å². The van der Waals surface area contributed by atoms with Crippen LogP contribution in [-0.2, 0) is 4.74 Å². The fourth-order valence-corrected chi connectivity index (χ4v) is 3.04. The summed E-state index contributed by atoms with van der Waals surface area (Å²) in [7, 11) is 3.01. The zero-order chi connectivity index (χ0) is 19.2. The van der Waals surface area contributed by atoms with Crippen LogP contribution in [0.5, 0.6) is 11.5 Å². The number of anilines is 2. The maximum Gasteiger partial charge on any atom is 0.257 e. The number of nitrogens with zero attached hydrogens (tertiary/aromatic N) is 1. The standard InChI is InChI=1S/C19H22ClN3O4/c1-25-16-9-15(17(26-2)8-14(16)20)23-19(24)12-5-6-18(21-10-12)22-11-13-4-3-7-27-13/h5-6,8-10,13H,3-4,7,11H2,1-2H3,(H,21,22)(H,23,24). The molecule has 2 heterocycles. The molecule has 1 aromatic carbocycles. The second kappa shape index (κ2) is 8.92. The molecule has 1 saturated heterocycles. The molecule has 0 radical (unpaired) electrons. The van der Waals surface area contributed by atoms with Crippen molar-refractivity contribution in [1.82, 2.24) is 4.98 Å². The third kappa shape index (κ3) is 4.81. The van der Waals surface area contributed by atoms with E-state index in [-0.39, 0.29) is 12.0 Å². The molecular formula is C19H22ClN3O4. The Morgan fingerprint density at radius 1 is 1.30 bits per heavy atom. The predicted molar refractivity (Wildman–Crippen MR) is 104 cm³/mol. The summed E-state index contributed by atoms with van der Waals surface area (Å²) in [6.45, 7) is 1.53. The van der Waals surface area contributed by atoms with Crippen LogP contribution in [0, 0.1) is 0 Å². The summed E-state index contributed by atoms with van der Waals surface area (Å²) in [5.41, 5.74) is 0.887. The van der Waals surface area contributed by atoms with Gasteiger partial charge in [0, 0.05) is 31.5 Å². The minimum absolute atomic E-state index is 0.224. The number of ether oxygens (including phenoxy) is 3. The van der Waals surface area contributed by atoms with Crippen LogP contribution in [0.1, 0.15) is 23.2 Å². The van der Waals surface area contributed by atoms with Crippen LogP contribution in [0.2, 0.25) is 5.02 Å². The third-order valence-electron chi connectivity index (χ3n) is 4.28. The van der Waals surface area contributed by atoms with Crippen molar-refractivity contribution in [2.45, 2.75) is 18.9 Å². The SMILES string of the molecule is COc1cc(NC(=O)c2ccc(NCC3CCCO3)nc2)c(OC)cc1Cl. The van der Waals surface area contributed by atoms with E-state index in [1.54, 1.807) is 24.3 Å². The molecular weight excluding hydrogens is 370 g/mol. The number of halogens is 1. The van der Waals surface area contributed by atoms with Gasteiger partial charge in [-0.1, -0.05) is 11.6 Å². The van der Waals surface area contributed by atoms with Gasteiger partial charge in [-0.05, 0) is 25.0 Å². The number of rotatable bonds is 7. The van der Waals surface area contributed by atoms with Crippen molar-refractivity contribution in [3.05, 3.63) is 41.0 Å². The van der Waals surface area contributed by atoms with Crippen molar-refractivity contribution in [2.24, 2.45) is 0 Å². The van der Waals surface area contributed by atoms with Gasteiger partial charge in [-0.15, -0.1) is 0 Å². The van der Waals surface area contributed by atoms with E-state index in [0.717, 1.165) is 19.4 Å². The number of hydrogen-bond acceptors (Lipinski definition) is 6. The molecule has 0 bridgehead atoms. The lowest BCUT2D eigenvalue weighted by Crippen LogP contribution is -2.19. The Morgan fingerprint density at radius 2 is 2.11 bits per heavy atom. The highest BCUT2D eigenvalue weighted by atomic mass is 35.5. The first-order valence-electron chi connectivity index (χ1n) is 8.65. The molecule has 1 aliphatic rings. The molecule has 1 fully saturated rings. The van der Waals surface area contributed by atoms with E-state index in [4.69, 9.17) is 25.8 Å². The number of hydrogen-bond donors (Lipinski definition) is 2. The lowest BCUT2D eigenvalue weighted by atomic mass is 10.2. The minimum atomic E-state index is -0.309. The van der Waals surface area contributed by atoms with Crippen molar-refractivity contribution in [3.63, 3.8) is 0 Å². The summed E-state index contributed by atoms with van der Waals surface area (Å²) < 4.78 is 16.0. The fourth-order valence-electron chi connectivity index (χ4n) is 2.81. The van der Waals surface area contributed by atoms with E-state index in [2.05, 4.69) is 15.6 Å². The fraction of sp³-hybridized carbons (Fsp3) is 0.368. The number of benzene rings is 1. The molecule has 1 aromatic heterocycles. The maximum atomic E-state index is 12.5. The molecule has 7 nitrogen and oxygen atoms in total. The van der Waals surface area contributed by atoms with E-state index < -0.39 is 0 Å². The quantitative estimate of drug-likeness (QED) is 0.750. The molecule has 8 heteroatoms. The van der Waals surface area contributed by atoms with Gasteiger partial charge >= 0.3 is 0 Å². The van der Waals surface area contributed by atoms with E-state index in [1.807, 2.05) is 0 Å². The molecule has 2 N–H and O–H groups in total. The Hall–Kier alpha value is -2.51. The number of nitrogens with one attached hydrogen (secondary N) is 2. The first kappa shape index (κ1) is 19.3. The average Bonchev–Trinajstić information content (AvgIpc) is 3.21. The van der Waals surface area contributed by atoms with Crippen molar-refractivity contribution in [1.29, 1.82) is 0 Å². The van der Waals surface area contributed by atoms with Crippen molar-refractivity contribution >= 4 is 29.0 Å². The zero-order valence-corrected chi connectivity index (χ0v) is 16.0. The summed E-state index contributed by atoms with van der Waals surface area (Å²) in [5, 5.41) is 6.41. The van der Waals surface area contributed by atoms with E-state index in [1.165, 1.54) is 20.4 Å². The van der Waals surface area contributed by atoms with Gasteiger partial charge in [0.2, 0.25) is 0 Å². The second-order valence-corrected chi connectivity index (χ2v) is 6.50. The Labute approximate surface area is 163 Å². The molecule has 0 saturated carbocycles. The summed E-state index contributed by atoms with van der Waals surface area (Å²) >= 11 is 6.08. The van der Waals surface area contributed by atoms with Gasteiger partial charge in [0.25, 0.3) is 5.91 Å². The van der Waals surface area contributed by atoms with Crippen LogP contribution in [0.25, 0.3) is 0 Å². The van der Waals surface area contributed by atoms with Crippen LogP contribution < -0.4 is 20.1 Å². The minimum Gasteiger partial charge on any atom is -0.495 e. The number of carbonyl (C=O) groups is 1. The van der Waals surface area contributed by atoms with Gasteiger partial charge in [0.15, 0.2) is 0 Å². The van der Waals surface area contributed by atoms with Crippen LogP contribution in [0.4, 0.5) is 11.5 Å². The maximum absolute atomic E-state index is 12.5. The highest BCUT2D eigenvalue weighted by Crippen LogP contribution is 2.36. The smallest absolute Gasteiger partial charge is 0.257 e. The van der Waals surface area contributed by atoms with Gasteiger partial charge in [-0.3, -0.25) is 4.79 Å². The van der Waals surface area contributed by atoms with Crippen molar-refractivity contribution in [2.75, 3.05) is 38.0 Å². The molecule has 1 atom stereocenters. The first-order valence-corrected chi connectivity index (χ1v) is 9.03. The van der Waals surface area contributed by atoms with Gasteiger partial charge in [-0.2, -0.15) is 0 Å². The molecule has 1 unspecified atom stereocenters. The van der Waals surface area contributed by atoms with E-state index >= 15 is 0 Å². The number of methoxy groups -OCH3 is 2. The Balaban J connectivity index is 1.65. The Morgan fingerprint density at radius 3 is 2.74 bits per heavy atom. The van der Waals surface area contributed by atoms with Gasteiger partial charge < -0.3 is 24.8 Å². The van der Waals surface area contributed by atoms with E-state index in [9.17, 15) is 4.79 Å². The largest absolute Gasteiger partial charge is 0.495 e. The van der Waals surface area contributed by atoms with Crippen molar-refractivity contribution < 1.29 is 19.0 Å². The summed E-state index contributed by atoms with van der Waals surface area (Å²) in [6, 6.07) is 6.68. The summed E-state index contributed by atoms with van der Waals surface area (Å²) in [5.74, 6) is 1.28. The average molecular weight is 392 g/mol. The molecule has 1 aliphatic heterocycles. The lowest BCUT2D eigenvalue weighted by Gasteiger charge is -2.13. The van der Waals surface area contributed by atoms with E-state index in [0.29, 0.717) is 40.1 Å². The Kier molecular flexibility index (Phi) is 6.36. The second-order valence-electron chi connectivity index (χ2n) is 6.09. The molecule has 27 heavy (non-hydrogen) atoms. The number of carbonyl (C=O) groups excluding carboxylic acids is 1. The molecule has 144 valence electrons. The third-order valence-corrected chi connectivity index (χ3v) is 4.58. The highest BCUT2D eigenvalue weighted by molar-refractivity contribution is 6.32. The summed E-state index contributed by atoms with van der Waals surface area (Å²) in [6.07, 6.45) is 3.90. The summed E-state index contributed by atoms with van der Waals surface area (Å²) in [4.78, 5) is 16.8. The number of amides is 1. The van der Waals surface area contributed by atoms with Crippen LogP contribution >= 0.6 is 11.6 Å². The van der Waals surface area contributed by atoms with Crippen molar-refractivity contribution in [3.8, 4) is 11.5 Å². The predicted octanol–water partition coefficient (Wildman–Crippen LogP) is 3.60. The van der Waals surface area contributed by atoms with Crippen LogP contribution in [0.3, 0.4) is 0 Å². The lowest BCUT2D eigenvalue weighted by molar-refractivity contribution is 0.102. The normalized spacial score (nSPS) is 16.0. The first-order chi connectivity index (χ1) is 13.1. The molecule has 3 rings (SSSR count). The molecule has 2 aromatic rings. The number of pyridine rings is 1. The molecule has 0 spiro atoms. The molecule has 0 aliphatic carbocycles. The number of aromatic nitrogens is 1. The topological polar surface area (TPSA) is 81.7 Å². The van der Waals surface area contributed by atoms with Gasteiger partial charge in [0.05, 0.1) is 36.6 Å². The van der Waals surface area contributed by atoms with Gasteiger partial charge in [0.1, 0.15) is 17.3 Å². The highest BCUT2D eigenvalue weighted by Gasteiger charge is 2.16. The monoisotopic (exact) mass is 391 g/mol. The Bertz CT molecular complexity index is 792.